The van der Waals surface area contributed by atoms with E-state index in [0.29, 0.717) is 12.1 Å². The molecule has 27 heavy (non-hydrogen) atoms. The van der Waals surface area contributed by atoms with Crippen molar-refractivity contribution in [3.05, 3.63) is 66.0 Å². The van der Waals surface area contributed by atoms with E-state index in [4.69, 9.17) is 5.73 Å². The number of pyridine rings is 1. The van der Waals surface area contributed by atoms with Crippen LogP contribution in [-0.2, 0) is 4.79 Å². The Kier molecular flexibility index (Phi) is 4.64. The van der Waals surface area contributed by atoms with Gasteiger partial charge in [-0.15, -0.1) is 0 Å². The molecular formula is C21H22N4O2. The minimum absolute atomic E-state index is 0.429. The monoisotopic (exact) mass is 362 g/mol. The van der Waals surface area contributed by atoms with E-state index in [1.165, 1.54) is 0 Å². The number of benzene rings is 1. The molecule has 6 nitrogen and oxygen atoms in total. The summed E-state index contributed by atoms with van der Waals surface area (Å²) in [5.41, 5.74) is 9.42. The number of hydrogen-bond donors (Lipinski definition) is 3. The predicted octanol–water partition coefficient (Wildman–Crippen LogP) is 2.37. The third-order valence-corrected chi connectivity index (χ3v) is 4.96. The third-order valence-electron chi connectivity index (χ3n) is 4.96. The number of amides is 1. The zero-order valence-electron chi connectivity index (χ0n) is 14.9. The highest BCUT2D eigenvalue weighted by molar-refractivity contribution is 6.27. The number of nitrogens with one attached hydrogen (secondary N) is 1. The Labute approximate surface area is 157 Å². The first-order valence-electron chi connectivity index (χ1n) is 9.10. The molecule has 1 aliphatic rings. The van der Waals surface area contributed by atoms with Crippen LogP contribution in [0.2, 0.25) is 0 Å². The van der Waals surface area contributed by atoms with Gasteiger partial charge in [0.1, 0.15) is 5.65 Å². The summed E-state index contributed by atoms with van der Waals surface area (Å²) in [4.78, 5) is 22.1. The van der Waals surface area contributed by atoms with Crippen molar-refractivity contribution in [1.82, 2.24) is 14.9 Å². The third kappa shape index (κ3) is 3.31. The smallest absolute Gasteiger partial charge is 0.251 e. The fourth-order valence-corrected chi connectivity index (χ4v) is 3.77. The Hall–Kier alpha value is -3.12. The number of piperidine rings is 1. The van der Waals surface area contributed by atoms with Crippen molar-refractivity contribution in [1.29, 1.82) is 0 Å². The highest BCUT2D eigenvalue weighted by atomic mass is 16.3. The van der Waals surface area contributed by atoms with Crippen LogP contribution in [0.1, 0.15) is 24.0 Å². The number of β-amino-alcohol motifs (C(OH)–C–C–N with tert-alkyl or cyclic N) is 1. The second-order valence-corrected chi connectivity index (χ2v) is 6.80. The molecule has 3 heterocycles. The number of carbonyl (C=O) groups excluding carboxylic acids is 1. The molecule has 1 saturated heterocycles. The summed E-state index contributed by atoms with van der Waals surface area (Å²) in [7, 11) is 0. The number of likely N-dealkylation sites (tertiary alicyclic amines) is 1. The minimum atomic E-state index is -0.491. The Bertz CT molecular complexity index is 994. The highest BCUT2D eigenvalue weighted by Gasteiger charge is 2.27. The highest BCUT2D eigenvalue weighted by Crippen LogP contribution is 2.35. The molecule has 1 aliphatic heterocycles. The topological polar surface area (TPSA) is 95.2 Å². The number of rotatable bonds is 4. The van der Waals surface area contributed by atoms with Crippen LogP contribution < -0.4 is 5.73 Å². The van der Waals surface area contributed by atoms with Crippen LogP contribution in [0.3, 0.4) is 0 Å². The van der Waals surface area contributed by atoms with Gasteiger partial charge in [-0.25, -0.2) is 4.98 Å². The van der Waals surface area contributed by atoms with E-state index in [1.807, 2.05) is 48.7 Å². The van der Waals surface area contributed by atoms with Gasteiger partial charge in [-0.05, 0) is 30.5 Å². The first-order valence-corrected chi connectivity index (χ1v) is 9.10. The molecule has 6 heteroatoms. The molecule has 3 aromatic rings. The van der Waals surface area contributed by atoms with Gasteiger partial charge in [0.05, 0.1) is 17.4 Å². The summed E-state index contributed by atoms with van der Waals surface area (Å²) in [6.07, 6.45) is 4.77. The van der Waals surface area contributed by atoms with Gasteiger partial charge in [0.15, 0.2) is 0 Å². The van der Waals surface area contributed by atoms with E-state index in [-0.39, 0.29) is 0 Å². The molecule has 4 rings (SSSR count). The van der Waals surface area contributed by atoms with Crippen molar-refractivity contribution in [2.75, 3.05) is 13.1 Å². The average Bonchev–Trinajstić information content (AvgIpc) is 3.10. The molecule has 0 aliphatic carbocycles. The van der Waals surface area contributed by atoms with Gasteiger partial charge in [0.25, 0.3) is 5.91 Å². The first kappa shape index (κ1) is 17.3. The lowest BCUT2D eigenvalue weighted by atomic mass is 9.96. The molecule has 0 spiro atoms. The van der Waals surface area contributed by atoms with Crippen molar-refractivity contribution in [3.63, 3.8) is 0 Å². The fraction of sp³-hybridized carbons (Fsp3) is 0.238. The van der Waals surface area contributed by atoms with Crippen LogP contribution in [0.25, 0.3) is 22.3 Å². The molecule has 1 atom stereocenters. The van der Waals surface area contributed by atoms with Crippen LogP contribution in [0.15, 0.2) is 54.9 Å². The molecule has 1 amide bonds. The van der Waals surface area contributed by atoms with Crippen molar-refractivity contribution >= 4 is 28.2 Å². The first-order chi connectivity index (χ1) is 13.1. The van der Waals surface area contributed by atoms with Crippen molar-refractivity contribution in [3.8, 4) is 0 Å². The van der Waals surface area contributed by atoms with Crippen LogP contribution in [0.5, 0.6) is 0 Å². The molecule has 138 valence electrons. The lowest BCUT2D eigenvalue weighted by molar-refractivity contribution is -0.112. The number of aromatic nitrogens is 2. The number of nitrogens with two attached hydrogens (primary N) is 1. The van der Waals surface area contributed by atoms with Crippen molar-refractivity contribution < 1.29 is 9.90 Å². The lowest BCUT2D eigenvalue weighted by Gasteiger charge is -2.35. The maximum atomic E-state index is 12.5. The van der Waals surface area contributed by atoms with Crippen molar-refractivity contribution in [2.45, 2.75) is 18.9 Å². The van der Waals surface area contributed by atoms with Crippen molar-refractivity contribution in [2.24, 2.45) is 5.73 Å². The molecule has 0 radical (unpaired) electrons. The van der Waals surface area contributed by atoms with E-state index in [9.17, 15) is 9.90 Å². The number of hydrogen-bond acceptors (Lipinski definition) is 4. The quantitative estimate of drug-likeness (QED) is 0.621. The second-order valence-electron chi connectivity index (χ2n) is 6.80. The van der Waals surface area contributed by atoms with E-state index in [0.717, 1.165) is 47.2 Å². The molecule has 0 saturated carbocycles. The van der Waals surface area contributed by atoms with Gasteiger partial charge in [-0.3, -0.25) is 4.79 Å². The molecule has 1 unspecified atom stereocenters. The summed E-state index contributed by atoms with van der Waals surface area (Å²) in [5, 5.41) is 11.1. The van der Waals surface area contributed by atoms with Gasteiger partial charge in [0, 0.05) is 36.4 Å². The maximum Gasteiger partial charge on any atom is 0.251 e. The van der Waals surface area contributed by atoms with Gasteiger partial charge in [0.2, 0.25) is 0 Å². The summed E-state index contributed by atoms with van der Waals surface area (Å²) in [5.74, 6) is -0.491. The number of aliphatic hydroxyl groups excluding tert-OH is 1. The summed E-state index contributed by atoms with van der Waals surface area (Å²) >= 11 is 0. The molecule has 1 fully saturated rings. The van der Waals surface area contributed by atoms with E-state index < -0.39 is 12.0 Å². The van der Waals surface area contributed by atoms with E-state index in [1.54, 1.807) is 6.20 Å². The van der Waals surface area contributed by atoms with Gasteiger partial charge in [-0.2, -0.15) is 0 Å². The van der Waals surface area contributed by atoms with Gasteiger partial charge >= 0.3 is 0 Å². The number of aromatic amines is 1. The average molecular weight is 362 g/mol. The summed E-state index contributed by atoms with van der Waals surface area (Å²) in [6.45, 7) is 1.22. The largest absolute Gasteiger partial charge is 0.391 e. The summed E-state index contributed by atoms with van der Waals surface area (Å²) < 4.78 is 0. The Balaban J connectivity index is 1.99. The normalized spacial score (nSPS) is 18.4. The number of fused-ring (bicyclic) bond motifs is 1. The second kappa shape index (κ2) is 7.25. The number of H-pyrrole nitrogens is 1. The fourth-order valence-electron chi connectivity index (χ4n) is 3.77. The van der Waals surface area contributed by atoms with Crippen LogP contribution in [0, 0.1) is 0 Å². The minimum Gasteiger partial charge on any atom is -0.391 e. The molecule has 1 aromatic carbocycles. The Morgan fingerprint density at radius 2 is 2.04 bits per heavy atom. The number of primary amides is 1. The number of nitrogens with zero attached hydrogens (tertiary/aromatic N) is 2. The maximum absolute atomic E-state index is 12.5. The number of carbonyl (C=O) groups is 1. The van der Waals surface area contributed by atoms with Crippen LogP contribution in [-0.4, -0.2) is 45.1 Å². The zero-order valence-corrected chi connectivity index (χ0v) is 14.9. The van der Waals surface area contributed by atoms with Gasteiger partial charge in [-0.1, -0.05) is 30.3 Å². The zero-order chi connectivity index (χ0) is 18.8. The molecule has 4 N–H and O–H groups in total. The van der Waals surface area contributed by atoms with Gasteiger partial charge < -0.3 is 20.7 Å². The Morgan fingerprint density at radius 1 is 1.22 bits per heavy atom. The molecule has 0 bridgehead atoms. The van der Waals surface area contributed by atoms with E-state index in [2.05, 4.69) is 14.9 Å². The lowest BCUT2D eigenvalue weighted by Crippen LogP contribution is -2.38. The van der Waals surface area contributed by atoms with E-state index >= 15 is 0 Å². The number of aliphatic hydroxyl groups is 1. The standard InChI is InChI=1S/C21H22N4O2/c22-20(27)18(14-6-2-1-3-7-14)19(25-11-5-8-15(26)13-25)17-12-24-21-16(17)9-4-10-23-21/h1-4,6-7,9-10,12,15,26H,5,8,11,13H2,(H2,22,27)(H,23,24). The van der Waals surface area contributed by atoms with Crippen LogP contribution in [0.4, 0.5) is 0 Å². The Morgan fingerprint density at radius 3 is 2.78 bits per heavy atom. The molecule has 2 aromatic heterocycles. The summed E-state index contributed by atoms with van der Waals surface area (Å²) in [6, 6.07) is 13.3. The van der Waals surface area contributed by atoms with Crippen LogP contribution >= 0.6 is 0 Å². The SMILES string of the molecule is NC(=O)C(=C(c1c[nH]c2ncccc12)N1CCCC(O)C1)c1ccccc1. The molecular weight excluding hydrogens is 340 g/mol. The predicted molar refractivity (Wildman–Crippen MR) is 105 cm³/mol.